The molecule has 2 aliphatic heterocycles. The number of thiophene rings is 1. The molecule has 2 aromatic rings. The fourth-order valence-corrected chi connectivity index (χ4v) is 3.17. The topological polar surface area (TPSA) is 49.8 Å². The second-order valence-electron chi connectivity index (χ2n) is 4.74. The van der Waals surface area contributed by atoms with Gasteiger partial charge in [0.25, 0.3) is 0 Å². The zero-order valence-corrected chi connectivity index (χ0v) is 11.7. The minimum absolute atomic E-state index is 0.832. The van der Waals surface area contributed by atoms with Crippen molar-refractivity contribution in [2.75, 3.05) is 26.2 Å². The van der Waals surface area contributed by atoms with Crippen molar-refractivity contribution in [2.24, 2.45) is 4.99 Å². The van der Waals surface area contributed by atoms with Crippen molar-refractivity contribution in [2.45, 2.75) is 0 Å². The van der Waals surface area contributed by atoms with Gasteiger partial charge in [0.1, 0.15) is 17.3 Å². The van der Waals surface area contributed by atoms with Gasteiger partial charge in [-0.1, -0.05) is 0 Å². The van der Waals surface area contributed by atoms with Crippen LogP contribution in [-0.2, 0) is 0 Å². The second kappa shape index (κ2) is 4.88. The van der Waals surface area contributed by atoms with E-state index < -0.39 is 0 Å². The molecule has 0 atom stereocenters. The van der Waals surface area contributed by atoms with Crippen molar-refractivity contribution >= 4 is 22.9 Å². The molecule has 20 heavy (non-hydrogen) atoms. The Morgan fingerprint density at radius 1 is 1.25 bits per heavy atom. The minimum Gasteiger partial charge on any atom is -0.443 e. The fourth-order valence-electron chi connectivity index (χ4n) is 2.48. The molecule has 1 fully saturated rings. The molecule has 6 heteroatoms. The largest absolute Gasteiger partial charge is 0.443 e. The van der Waals surface area contributed by atoms with Gasteiger partial charge >= 0.3 is 0 Å². The highest BCUT2D eigenvalue weighted by molar-refractivity contribution is 7.12. The maximum atomic E-state index is 5.99. The number of rotatable bonds is 0. The predicted octanol–water partition coefficient (Wildman–Crippen LogP) is 2.23. The Balaban J connectivity index is 1.85. The zero-order valence-electron chi connectivity index (χ0n) is 10.9. The summed E-state index contributed by atoms with van der Waals surface area (Å²) in [6.07, 6.45) is 3.60. The summed E-state index contributed by atoms with van der Waals surface area (Å²) < 4.78 is 5.99. The molecule has 2 aromatic heterocycles. The molecule has 1 saturated heterocycles. The van der Waals surface area contributed by atoms with Crippen LogP contribution in [0.1, 0.15) is 5.56 Å². The Hall–Kier alpha value is -1.92. The van der Waals surface area contributed by atoms with Crippen LogP contribution in [0.25, 0.3) is 0 Å². The molecule has 0 saturated carbocycles. The van der Waals surface area contributed by atoms with Crippen LogP contribution in [0, 0.1) is 0 Å². The van der Waals surface area contributed by atoms with Crippen molar-refractivity contribution in [3.8, 4) is 10.8 Å². The number of nitrogens with one attached hydrogen (secondary N) is 1. The van der Waals surface area contributed by atoms with E-state index in [1.54, 1.807) is 17.5 Å². The number of hydrogen-bond acceptors (Lipinski definition) is 6. The molecule has 0 aliphatic carbocycles. The van der Waals surface area contributed by atoms with Gasteiger partial charge in [-0.25, -0.2) is 4.99 Å². The lowest BCUT2D eigenvalue weighted by Gasteiger charge is -2.30. The number of pyridine rings is 1. The van der Waals surface area contributed by atoms with Gasteiger partial charge in [0, 0.05) is 38.6 Å². The van der Waals surface area contributed by atoms with Gasteiger partial charge in [-0.05, 0) is 17.5 Å². The van der Waals surface area contributed by atoms with Crippen LogP contribution in [0.15, 0.2) is 34.9 Å². The molecular weight excluding hydrogens is 272 g/mol. The molecule has 5 nitrogen and oxygen atoms in total. The van der Waals surface area contributed by atoms with E-state index in [1.165, 1.54) is 0 Å². The van der Waals surface area contributed by atoms with Crippen LogP contribution < -0.4 is 10.1 Å². The van der Waals surface area contributed by atoms with E-state index in [0.29, 0.717) is 0 Å². The van der Waals surface area contributed by atoms with Gasteiger partial charge in [-0.15, -0.1) is 11.3 Å². The SMILES string of the molecule is c1cc2c(cn1)C(N1CCNCC1)=Nc1ccsc1O2. The molecule has 4 heterocycles. The monoisotopic (exact) mass is 286 g/mol. The standard InChI is InChI=1S/C14H14N4OS/c1-3-16-9-10-12(1)19-14-11(2-8-20-14)17-13(10)18-6-4-15-5-7-18/h1-3,8-9,15H,4-7H2. The van der Waals surface area contributed by atoms with Crippen molar-refractivity contribution in [3.05, 3.63) is 35.5 Å². The Labute approximate surface area is 120 Å². The van der Waals surface area contributed by atoms with Crippen LogP contribution in [-0.4, -0.2) is 41.9 Å². The summed E-state index contributed by atoms with van der Waals surface area (Å²) in [6, 6.07) is 3.91. The van der Waals surface area contributed by atoms with E-state index in [0.717, 1.165) is 54.1 Å². The van der Waals surface area contributed by atoms with Crippen LogP contribution in [0.2, 0.25) is 0 Å². The number of aliphatic imine (C=N–C) groups is 1. The fraction of sp³-hybridized carbons (Fsp3) is 0.286. The highest BCUT2D eigenvalue weighted by Crippen LogP contribution is 2.41. The summed E-state index contributed by atoms with van der Waals surface area (Å²) in [7, 11) is 0. The highest BCUT2D eigenvalue weighted by Gasteiger charge is 2.24. The second-order valence-corrected chi connectivity index (χ2v) is 5.62. The zero-order chi connectivity index (χ0) is 13.4. The lowest BCUT2D eigenvalue weighted by molar-refractivity contribution is 0.357. The van der Waals surface area contributed by atoms with Crippen LogP contribution in [0.5, 0.6) is 10.8 Å². The summed E-state index contributed by atoms with van der Waals surface area (Å²) in [5.41, 5.74) is 1.87. The van der Waals surface area contributed by atoms with Crippen LogP contribution in [0.4, 0.5) is 5.69 Å². The molecule has 102 valence electrons. The predicted molar refractivity (Wildman–Crippen MR) is 79.3 cm³/mol. The normalized spacial score (nSPS) is 17.6. The molecule has 0 bridgehead atoms. The number of ether oxygens (including phenoxy) is 1. The first-order valence-corrected chi connectivity index (χ1v) is 7.54. The smallest absolute Gasteiger partial charge is 0.206 e. The molecule has 0 amide bonds. The van der Waals surface area contributed by atoms with Gasteiger partial charge in [-0.3, -0.25) is 4.98 Å². The molecule has 0 aromatic carbocycles. The molecule has 0 radical (unpaired) electrons. The minimum atomic E-state index is 0.832. The highest BCUT2D eigenvalue weighted by atomic mass is 32.1. The third-order valence-corrected chi connectivity index (χ3v) is 4.26. The molecule has 4 rings (SSSR count). The van der Waals surface area contributed by atoms with Gasteiger partial charge < -0.3 is 15.0 Å². The number of nitrogens with zero attached hydrogens (tertiary/aromatic N) is 3. The third kappa shape index (κ3) is 1.97. The van der Waals surface area contributed by atoms with Crippen LogP contribution >= 0.6 is 11.3 Å². The van der Waals surface area contributed by atoms with E-state index in [4.69, 9.17) is 9.73 Å². The van der Waals surface area contributed by atoms with E-state index in [-0.39, 0.29) is 0 Å². The average molecular weight is 286 g/mol. The first kappa shape index (κ1) is 11.9. The van der Waals surface area contributed by atoms with Crippen molar-refractivity contribution < 1.29 is 4.74 Å². The number of piperazine rings is 1. The van der Waals surface area contributed by atoms with Crippen molar-refractivity contribution in [1.82, 2.24) is 15.2 Å². The van der Waals surface area contributed by atoms with E-state index in [9.17, 15) is 0 Å². The maximum Gasteiger partial charge on any atom is 0.206 e. The van der Waals surface area contributed by atoms with Gasteiger partial charge in [0.05, 0.1) is 5.56 Å². The quantitative estimate of drug-likeness (QED) is 0.807. The summed E-state index contributed by atoms with van der Waals surface area (Å²) in [4.78, 5) is 11.4. The Morgan fingerprint density at radius 3 is 3.05 bits per heavy atom. The number of aromatic nitrogens is 1. The van der Waals surface area contributed by atoms with Gasteiger partial charge in [-0.2, -0.15) is 0 Å². The van der Waals surface area contributed by atoms with Gasteiger partial charge in [0.2, 0.25) is 5.06 Å². The number of fused-ring (bicyclic) bond motifs is 2. The summed E-state index contributed by atoms with van der Waals surface area (Å²) in [6.45, 7) is 3.86. The third-order valence-electron chi connectivity index (χ3n) is 3.48. The molecule has 0 unspecified atom stereocenters. The number of hydrogen-bond donors (Lipinski definition) is 1. The lowest BCUT2D eigenvalue weighted by Crippen LogP contribution is -2.46. The Bertz CT molecular complexity index is 661. The Kier molecular flexibility index (Phi) is 2.90. The average Bonchev–Trinajstić information content (AvgIpc) is 2.87. The maximum absolute atomic E-state index is 5.99. The van der Waals surface area contributed by atoms with E-state index in [2.05, 4.69) is 15.2 Å². The van der Waals surface area contributed by atoms with Crippen LogP contribution in [0.3, 0.4) is 0 Å². The van der Waals surface area contributed by atoms with E-state index >= 15 is 0 Å². The molecule has 0 spiro atoms. The van der Waals surface area contributed by atoms with Crippen molar-refractivity contribution in [1.29, 1.82) is 0 Å². The summed E-state index contributed by atoms with van der Waals surface area (Å²) in [5.74, 6) is 1.80. The summed E-state index contributed by atoms with van der Waals surface area (Å²) in [5, 5.41) is 6.23. The van der Waals surface area contributed by atoms with Crippen molar-refractivity contribution in [3.63, 3.8) is 0 Å². The Morgan fingerprint density at radius 2 is 2.15 bits per heavy atom. The molecular formula is C14H14N4OS. The summed E-state index contributed by atoms with van der Waals surface area (Å²) >= 11 is 1.57. The lowest BCUT2D eigenvalue weighted by atomic mass is 10.2. The van der Waals surface area contributed by atoms with E-state index in [1.807, 2.05) is 23.7 Å². The molecule has 1 N–H and O–H groups in total. The number of amidine groups is 1. The first-order valence-electron chi connectivity index (χ1n) is 6.66. The molecule has 2 aliphatic rings. The first-order chi connectivity index (χ1) is 9.92. The van der Waals surface area contributed by atoms with Gasteiger partial charge in [0.15, 0.2) is 0 Å².